The molecule has 1 saturated carbocycles. The SMILES string of the molecule is CN1C(=O)[C@H](C2CCCCC2)NCCOc2ccccc2/C=C/CNC(=O)[C@@H](Cc2ccc(Cl)cc2)NC(O)[C@@H]1CO. The van der Waals surface area contributed by atoms with E-state index in [1.54, 1.807) is 19.2 Å². The number of carbonyl (C=O) groups is 2. The third-order valence-electron chi connectivity index (χ3n) is 8.16. The van der Waals surface area contributed by atoms with Crippen molar-refractivity contribution in [2.24, 2.45) is 5.92 Å². The van der Waals surface area contributed by atoms with Crippen LogP contribution in [0.2, 0.25) is 5.02 Å². The third-order valence-corrected chi connectivity index (χ3v) is 8.41. The first-order valence-corrected chi connectivity index (χ1v) is 15.2. The number of fused-ring (bicyclic) bond motifs is 1. The molecule has 4 rings (SSSR count). The van der Waals surface area contributed by atoms with Gasteiger partial charge in [-0.1, -0.05) is 73.3 Å². The monoisotopic (exact) mass is 598 g/mol. The molecule has 2 aromatic carbocycles. The number of halogens is 1. The lowest BCUT2D eigenvalue weighted by Crippen LogP contribution is -2.61. The summed E-state index contributed by atoms with van der Waals surface area (Å²) in [4.78, 5) is 28.6. The predicted octanol–water partition coefficient (Wildman–Crippen LogP) is 2.74. The quantitative estimate of drug-likeness (QED) is 0.367. The molecule has 5 N–H and O–H groups in total. The van der Waals surface area contributed by atoms with Crippen LogP contribution in [0.3, 0.4) is 0 Å². The minimum atomic E-state index is -1.36. The average molecular weight is 599 g/mol. The Balaban J connectivity index is 1.62. The zero-order valence-electron chi connectivity index (χ0n) is 24.2. The summed E-state index contributed by atoms with van der Waals surface area (Å²) in [5.74, 6) is 0.325. The largest absolute Gasteiger partial charge is 0.492 e. The molecule has 0 aromatic heterocycles. The molecule has 0 bridgehead atoms. The number of hydrogen-bond donors (Lipinski definition) is 5. The van der Waals surface area contributed by atoms with Crippen molar-refractivity contribution in [2.45, 2.75) is 62.9 Å². The normalized spacial score (nSPS) is 26.3. The van der Waals surface area contributed by atoms with Gasteiger partial charge in [0, 0.05) is 30.7 Å². The number of carbonyl (C=O) groups excluding carboxylic acids is 2. The molecule has 1 aliphatic heterocycles. The van der Waals surface area contributed by atoms with Crippen LogP contribution in [0.4, 0.5) is 0 Å². The number of para-hydroxylation sites is 1. The Morgan fingerprint density at radius 1 is 1.05 bits per heavy atom. The number of hydrogen-bond acceptors (Lipinski definition) is 7. The van der Waals surface area contributed by atoms with E-state index in [0.29, 0.717) is 23.9 Å². The Kier molecular flexibility index (Phi) is 12.2. The van der Waals surface area contributed by atoms with Crippen LogP contribution in [0.1, 0.15) is 43.2 Å². The number of nitrogens with zero attached hydrogens (tertiary/aromatic N) is 1. The summed E-state index contributed by atoms with van der Waals surface area (Å²) >= 11 is 6.05. The van der Waals surface area contributed by atoms with E-state index in [9.17, 15) is 19.8 Å². The number of aliphatic hydroxyl groups excluding tert-OH is 2. The molecule has 2 amide bonds. The molecule has 0 spiro atoms. The van der Waals surface area contributed by atoms with Crippen LogP contribution in [0, 0.1) is 5.92 Å². The van der Waals surface area contributed by atoms with Gasteiger partial charge in [0.1, 0.15) is 18.6 Å². The Morgan fingerprint density at radius 3 is 2.52 bits per heavy atom. The Hall–Kier alpha value is -2.95. The fourth-order valence-corrected chi connectivity index (χ4v) is 5.86. The molecule has 2 aromatic rings. The number of nitrogens with one attached hydrogen (secondary N) is 3. The van der Waals surface area contributed by atoms with Crippen molar-refractivity contribution < 1.29 is 24.5 Å². The van der Waals surface area contributed by atoms with Gasteiger partial charge in [0.25, 0.3) is 0 Å². The highest BCUT2D eigenvalue weighted by molar-refractivity contribution is 6.30. The lowest BCUT2D eigenvalue weighted by atomic mass is 9.83. The third kappa shape index (κ3) is 8.78. The topological polar surface area (TPSA) is 123 Å². The number of amides is 2. The molecule has 228 valence electrons. The second-order valence-electron chi connectivity index (χ2n) is 11.1. The fraction of sp³-hybridized carbons (Fsp3) is 0.500. The summed E-state index contributed by atoms with van der Waals surface area (Å²) in [5.41, 5.74) is 1.72. The van der Waals surface area contributed by atoms with Gasteiger partial charge in [-0.2, -0.15) is 0 Å². The van der Waals surface area contributed by atoms with Gasteiger partial charge >= 0.3 is 0 Å². The molecule has 0 saturated heterocycles. The first-order valence-electron chi connectivity index (χ1n) is 14.8. The van der Waals surface area contributed by atoms with Gasteiger partial charge in [-0.3, -0.25) is 14.9 Å². The van der Waals surface area contributed by atoms with Gasteiger partial charge in [0.15, 0.2) is 0 Å². The summed E-state index contributed by atoms with van der Waals surface area (Å²) in [5, 5.41) is 31.5. The predicted molar refractivity (Wildman–Crippen MR) is 164 cm³/mol. The summed E-state index contributed by atoms with van der Waals surface area (Å²) < 4.78 is 6.08. The Labute approximate surface area is 253 Å². The van der Waals surface area contributed by atoms with Crippen LogP contribution >= 0.6 is 11.6 Å². The molecule has 1 fully saturated rings. The lowest BCUT2D eigenvalue weighted by Gasteiger charge is -2.38. The second-order valence-corrected chi connectivity index (χ2v) is 11.5. The zero-order valence-corrected chi connectivity index (χ0v) is 24.9. The van der Waals surface area contributed by atoms with Crippen LogP contribution < -0.4 is 20.7 Å². The number of rotatable bonds is 4. The molecule has 42 heavy (non-hydrogen) atoms. The van der Waals surface area contributed by atoms with Crippen molar-refractivity contribution in [1.82, 2.24) is 20.9 Å². The van der Waals surface area contributed by atoms with E-state index in [-0.39, 0.29) is 30.7 Å². The summed E-state index contributed by atoms with van der Waals surface area (Å²) in [7, 11) is 1.59. The summed E-state index contributed by atoms with van der Waals surface area (Å²) in [6, 6.07) is 12.5. The van der Waals surface area contributed by atoms with Crippen LogP contribution in [-0.2, 0) is 16.0 Å². The second kappa shape index (κ2) is 16.0. The van der Waals surface area contributed by atoms with Crippen molar-refractivity contribution in [1.29, 1.82) is 0 Å². The van der Waals surface area contributed by atoms with Crippen LogP contribution in [-0.4, -0.2) is 84.6 Å². The maximum Gasteiger partial charge on any atom is 0.240 e. The highest BCUT2D eigenvalue weighted by Gasteiger charge is 2.36. The van der Waals surface area contributed by atoms with Crippen LogP contribution in [0.25, 0.3) is 6.08 Å². The van der Waals surface area contributed by atoms with Gasteiger partial charge in [0.2, 0.25) is 11.8 Å². The molecule has 1 unspecified atom stereocenters. The van der Waals surface area contributed by atoms with E-state index in [1.807, 2.05) is 48.6 Å². The maximum atomic E-state index is 13.9. The van der Waals surface area contributed by atoms with Crippen molar-refractivity contribution in [3.63, 3.8) is 0 Å². The molecule has 4 atom stereocenters. The number of benzene rings is 2. The lowest BCUT2D eigenvalue weighted by molar-refractivity contribution is -0.141. The van der Waals surface area contributed by atoms with E-state index in [2.05, 4.69) is 16.0 Å². The van der Waals surface area contributed by atoms with Crippen molar-refractivity contribution in [3.8, 4) is 5.75 Å². The van der Waals surface area contributed by atoms with E-state index in [0.717, 1.165) is 43.2 Å². The molecular formula is C32H43ClN4O5. The maximum absolute atomic E-state index is 13.9. The number of likely N-dealkylation sites (N-methyl/N-ethyl adjacent to an activating group) is 1. The van der Waals surface area contributed by atoms with Gasteiger partial charge in [-0.05, 0) is 48.9 Å². The van der Waals surface area contributed by atoms with Crippen LogP contribution in [0.15, 0.2) is 54.6 Å². The first kappa shape index (κ1) is 32.0. The van der Waals surface area contributed by atoms with Crippen LogP contribution in [0.5, 0.6) is 5.75 Å². The summed E-state index contributed by atoms with van der Waals surface area (Å²) in [6.45, 7) is 0.602. The zero-order chi connectivity index (χ0) is 29.9. The molecule has 1 heterocycles. The van der Waals surface area contributed by atoms with E-state index < -0.39 is 31.0 Å². The average Bonchev–Trinajstić information content (AvgIpc) is 3.00. The highest BCUT2D eigenvalue weighted by atomic mass is 35.5. The number of aliphatic hydroxyl groups is 2. The minimum absolute atomic E-state index is 0.141. The van der Waals surface area contributed by atoms with Crippen molar-refractivity contribution in [3.05, 3.63) is 70.8 Å². The molecule has 10 heteroatoms. The summed E-state index contributed by atoms with van der Waals surface area (Å²) in [6.07, 6.45) is 7.79. The van der Waals surface area contributed by atoms with Gasteiger partial charge in [-0.25, -0.2) is 0 Å². The highest BCUT2D eigenvalue weighted by Crippen LogP contribution is 2.28. The standard InChI is InChI=1S/C32H43ClN4O5/c1-37-27(21-38)31(40)36-26(20-22-13-15-25(33)16-14-22)30(39)35-17-7-11-23-8-5-6-12-28(23)42-19-18-34-29(32(37)41)24-9-3-2-4-10-24/h5-8,11-16,24,26-27,29,31,34,36,38,40H,2-4,9-10,17-21H2,1H3,(H,35,39)/b11-7+/t26-,27+,29+,31?/m1/s1. The van der Waals surface area contributed by atoms with E-state index >= 15 is 0 Å². The van der Waals surface area contributed by atoms with Gasteiger partial charge in [-0.15, -0.1) is 0 Å². The Morgan fingerprint density at radius 2 is 1.79 bits per heavy atom. The molecular weight excluding hydrogens is 556 g/mol. The van der Waals surface area contributed by atoms with Crippen molar-refractivity contribution in [2.75, 3.05) is 33.4 Å². The minimum Gasteiger partial charge on any atom is -0.492 e. The van der Waals surface area contributed by atoms with Gasteiger partial charge < -0.3 is 30.5 Å². The molecule has 9 nitrogen and oxygen atoms in total. The first-order chi connectivity index (χ1) is 20.4. The fourth-order valence-electron chi connectivity index (χ4n) is 5.73. The van der Waals surface area contributed by atoms with Gasteiger partial charge in [0.05, 0.1) is 24.7 Å². The molecule has 0 radical (unpaired) electrons. The molecule has 1 aliphatic carbocycles. The Bertz CT molecular complexity index is 1190. The molecule has 2 aliphatic rings. The smallest absolute Gasteiger partial charge is 0.240 e. The van der Waals surface area contributed by atoms with E-state index in [4.69, 9.17) is 16.3 Å². The van der Waals surface area contributed by atoms with E-state index in [1.165, 1.54) is 4.90 Å². The number of ether oxygens (including phenoxy) is 1. The van der Waals surface area contributed by atoms with Crippen molar-refractivity contribution >= 4 is 29.5 Å².